The van der Waals surface area contributed by atoms with E-state index in [1.165, 1.54) is 0 Å². The van der Waals surface area contributed by atoms with Crippen molar-refractivity contribution in [1.82, 2.24) is 0 Å². The van der Waals surface area contributed by atoms with E-state index in [-0.39, 0.29) is 0 Å². The number of hydrogen-bond donors (Lipinski definition) is 0. The molecule has 36 heavy (non-hydrogen) atoms. The van der Waals surface area contributed by atoms with Crippen LogP contribution in [-0.2, 0) is 21.0 Å². The molecule has 0 fully saturated rings. The minimum Gasteiger partial charge on any atom is -0.497 e. The molecule has 2 aliphatic heterocycles. The first-order chi connectivity index (χ1) is 17.7. The Morgan fingerprint density at radius 1 is 0.472 bits per heavy atom. The van der Waals surface area contributed by atoms with Crippen LogP contribution >= 0.6 is 0 Å². The molecule has 0 N–H and O–H groups in total. The Bertz CT molecular complexity index is 1490. The maximum atomic E-state index is 6.57. The largest absolute Gasteiger partial charge is 0.497 e. The second-order valence-electron chi connectivity index (χ2n) is 9.28. The highest BCUT2D eigenvalue weighted by Gasteiger charge is 2.60. The molecule has 2 unspecified atom stereocenters. The van der Waals surface area contributed by atoms with E-state index >= 15 is 0 Å². The zero-order valence-electron chi connectivity index (χ0n) is 20.0. The van der Waals surface area contributed by atoms with Crippen molar-refractivity contribution in [2.75, 3.05) is 14.2 Å². The van der Waals surface area contributed by atoms with Gasteiger partial charge in [0.25, 0.3) is 0 Å². The van der Waals surface area contributed by atoms with Gasteiger partial charge in [0.1, 0.15) is 11.5 Å². The van der Waals surface area contributed by atoms with Crippen LogP contribution in [0.4, 0.5) is 0 Å². The average Bonchev–Trinajstić information content (AvgIpc) is 2.96. The fraction of sp³-hybridized carbons (Fsp3) is 0.125. The van der Waals surface area contributed by atoms with Crippen molar-refractivity contribution in [2.24, 2.45) is 0 Å². The van der Waals surface area contributed by atoms with Crippen molar-refractivity contribution >= 4 is 10.8 Å². The second kappa shape index (κ2) is 7.69. The van der Waals surface area contributed by atoms with E-state index in [0.29, 0.717) is 0 Å². The van der Waals surface area contributed by atoms with Gasteiger partial charge in [-0.3, -0.25) is 0 Å². The molecule has 0 amide bonds. The zero-order chi connectivity index (χ0) is 24.3. The van der Waals surface area contributed by atoms with Crippen LogP contribution in [0.1, 0.15) is 33.4 Å². The summed E-state index contributed by atoms with van der Waals surface area (Å²) >= 11 is 0. The van der Waals surface area contributed by atoms with Crippen molar-refractivity contribution in [2.45, 2.75) is 11.2 Å². The zero-order valence-corrected chi connectivity index (χ0v) is 20.0. The number of benzene rings is 5. The van der Waals surface area contributed by atoms with Gasteiger partial charge in [-0.15, -0.1) is 0 Å². The fourth-order valence-electron chi connectivity index (χ4n) is 5.88. The molecule has 5 aromatic carbocycles. The topological polar surface area (TPSA) is 36.9 Å². The van der Waals surface area contributed by atoms with Gasteiger partial charge < -0.3 is 9.47 Å². The maximum absolute atomic E-state index is 6.57. The first-order valence-electron chi connectivity index (χ1n) is 12.0. The minimum atomic E-state index is -0.920. The summed E-state index contributed by atoms with van der Waals surface area (Å²) in [6.07, 6.45) is 0. The summed E-state index contributed by atoms with van der Waals surface area (Å²) in [7, 11) is 3.35. The van der Waals surface area contributed by atoms with E-state index in [9.17, 15) is 0 Å². The lowest BCUT2D eigenvalue weighted by Crippen LogP contribution is -2.53. The van der Waals surface area contributed by atoms with Gasteiger partial charge >= 0.3 is 0 Å². The summed E-state index contributed by atoms with van der Waals surface area (Å²) in [5, 5.41) is 2.31. The van der Waals surface area contributed by atoms with Crippen molar-refractivity contribution < 1.29 is 19.2 Å². The van der Waals surface area contributed by atoms with Crippen LogP contribution in [-0.4, -0.2) is 14.2 Å². The molecule has 2 atom stereocenters. The monoisotopic (exact) mass is 472 g/mol. The van der Waals surface area contributed by atoms with E-state index in [4.69, 9.17) is 19.2 Å². The number of rotatable bonds is 4. The molecule has 2 heterocycles. The molecule has 176 valence electrons. The highest BCUT2D eigenvalue weighted by molar-refractivity contribution is 5.87. The smallest absolute Gasteiger partial charge is 0.179 e. The molecule has 0 saturated carbocycles. The molecule has 0 spiro atoms. The third kappa shape index (κ3) is 2.66. The number of hydrogen-bond acceptors (Lipinski definition) is 4. The van der Waals surface area contributed by atoms with Crippen LogP contribution in [0.2, 0.25) is 0 Å². The third-order valence-corrected chi connectivity index (χ3v) is 7.61. The molecule has 4 nitrogen and oxygen atoms in total. The van der Waals surface area contributed by atoms with Gasteiger partial charge in [-0.05, 0) is 58.3 Å². The van der Waals surface area contributed by atoms with Crippen LogP contribution in [0, 0.1) is 0 Å². The molecule has 4 heteroatoms. The highest BCUT2D eigenvalue weighted by atomic mass is 17.2. The first kappa shape index (κ1) is 21.2. The van der Waals surface area contributed by atoms with Gasteiger partial charge in [-0.2, -0.15) is 0 Å². The summed E-state index contributed by atoms with van der Waals surface area (Å²) in [4.78, 5) is 13.1. The summed E-state index contributed by atoms with van der Waals surface area (Å²) in [5.74, 6) is 1.59. The number of ether oxygens (including phenoxy) is 2. The Morgan fingerprint density at radius 2 is 0.861 bits per heavy atom. The molecular weight excluding hydrogens is 448 g/mol. The normalized spacial score (nSPS) is 21.6. The van der Waals surface area contributed by atoms with Crippen LogP contribution < -0.4 is 9.47 Å². The Morgan fingerprint density at radius 3 is 1.25 bits per heavy atom. The Kier molecular flexibility index (Phi) is 4.53. The second-order valence-corrected chi connectivity index (χ2v) is 9.28. The lowest BCUT2D eigenvalue weighted by molar-refractivity contribution is -0.410. The Hall–Kier alpha value is -4.12. The maximum Gasteiger partial charge on any atom is 0.179 e. The molecule has 0 radical (unpaired) electrons. The Balaban J connectivity index is 1.60. The van der Waals surface area contributed by atoms with E-state index in [1.54, 1.807) is 14.2 Å². The molecule has 3 aliphatic rings. The van der Waals surface area contributed by atoms with Crippen molar-refractivity contribution in [3.05, 3.63) is 143 Å². The van der Waals surface area contributed by atoms with Crippen LogP contribution in [0.25, 0.3) is 10.8 Å². The fourth-order valence-corrected chi connectivity index (χ4v) is 5.88. The lowest BCUT2D eigenvalue weighted by atomic mass is 9.62. The highest BCUT2D eigenvalue weighted by Crippen LogP contribution is 2.61. The van der Waals surface area contributed by atoms with Gasteiger partial charge in [0.15, 0.2) is 11.2 Å². The van der Waals surface area contributed by atoms with Gasteiger partial charge in [-0.25, -0.2) is 9.78 Å². The summed E-state index contributed by atoms with van der Waals surface area (Å²) in [5.41, 5.74) is 4.41. The van der Waals surface area contributed by atoms with Gasteiger partial charge in [-0.1, -0.05) is 72.8 Å². The van der Waals surface area contributed by atoms with Crippen molar-refractivity contribution in [3.63, 3.8) is 0 Å². The van der Waals surface area contributed by atoms with E-state index < -0.39 is 11.2 Å². The summed E-state index contributed by atoms with van der Waals surface area (Å²) in [6.45, 7) is 0. The van der Waals surface area contributed by atoms with E-state index in [2.05, 4.69) is 84.9 Å². The standard InChI is InChI=1S/C32H24O4/c1-33-25-15-11-23(12-16-25)31-27-9-5-6-10-28(27)32(36-35-31,24-13-17-26(34-2)18-14-24)30-20-22-8-4-3-7-21(22)19-29(30)31/h3-20H,1-2H3. The minimum absolute atomic E-state index is 0.794. The first-order valence-corrected chi connectivity index (χ1v) is 12.0. The Labute approximate surface area is 209 Å². The molecule has 8 rings (SSSR count). The number of methoxy groups -OCH3 is 2. The van der Waals surface area contributed by atoms with Crippen molar-refractivity contribution in [1.29, 1.82) is 0 Å². The predicted octanol–water partition coefficient (Wildman–Crippen LogP) is 6.72. The molecule has 0 aromatic heterocycles. The summed E-state index contributed by atoms with van der Waals surface area (Å²) < 4.78 is 10.9. The van der Waals surface area contributed by atoms with Crippen molar-refractivity contribution in [3.8, 4) is 11.5 Å². The van der Waals surface area contributed by atoms with E-state index in [0.717, 1.165) is 55.7 Å². The van der Waals surface area contributed by atoms with Gasteiger partial charge in [0.2, 0.25) is 0 Å². The lowest BCUT2D eigenvalue weighted by Gasteiger charge is -2.53. The molecule has 0 saturated heterocycles. The third-order valence-electron chi connectivity index (χ3n) is 7.61. The average molecular weight is 473 g/mol. The van der Waals surface area contributed by atoms with Crippen LogP contribution in [0.5, 0.6) is 11.5 Å². The molecule has 5 aromatic rings. The van der Waals surface area contributed by atoms with Crippen LogP contribution in [0.3, 0.4) is 0 Å². The summed E-state index contributed by atoms with van der Waals surface area (Å²) in [6, 6.07) is 37.5. The van der Waals surface area contributed by atoms with Crippen LogP contribution in [0.15, 0.2) is 109 Å². The SMILES string of the molecule is COc1ccc(C23OOC(c4ccc(OC)cc4)(c4ccccc42)c2cc4ccccc4cc23)cc1. The van der Waals surface area contributed by atoms with Gasteiger partial charge in [0.05, 0.1) is 14.2 Å². The quantitative estimate of drug-likeness (QED) is 0.272. The molecule has 1 aliphatic carbocycles. The molecular formula is C32H24O4. The van der Waals surface area contributed by atoms with Gasteiger partial charge in [0, 0.05) is 22.3 Å². The predicted molar refractivity (Wildman–Crippen MR) is 138 cm³/mol. The molecule has 2 bridgehead atoms. The van der Waals surface area contributed by atoms with E-state index in [1.807, 2.05) is 24.3 Å². The number of fused-ring (bicyclic) bond motifs is 2.